The van der Waals surface area contributed by atoms with E-state index in [2.05, 4.69) is 30.4 Å². The highest BCUT2D eigenvalue weighted by Gasteiger charge is 2.24. The highest BCUT2D eigenvalue weighted by molar-refractivity contribution is 5.83. The number of aliphatic carboxylic acids is 1. The average molecular weight is 533 g/mol. The minimum atomic E-state index is -1.04. The van der Waals surface area contributed by atoms with Crippen molar-refractivity contribution in [1.82, 2.24) is 29.7 Å². The van der Waals surface area contributed by atoms with Gasteiger partial charge in [0.15, 0.2) is 5.82 Å². The first-order chi connectivity index (χ1) is 18.6. The number of carboxylic acids is 1. The molecule has 3 heterocycles. The number of hydrogen-bond donors (Lipinski definition) is 2. The van der Waals surface area contributed by atoms with Gasteiger partial charge in [0.05, 0.1) is 19.9 Å². The van der Waals surface area contributed by atoms with Crippen molar-refractivity contribution in [3.63, 3.8) is 0 Å². The van der Waals surface area contributed by atoms with E-state index in [1.165, 1.54) is 0 Å². The molecule has 2 N–H and O–H groups in total. The summed E-state index contributed by atoms with van der Waals surface area (Å²) in [4.78, 5) is 32.2. The van der Waals surface area contributed by atoms with Gasteiger partial charge in [-0.1, -0.05) is 6.07 Å². The topological polar surface area (TPSA) is 140 Å². The van der Waals surface area contributed by atoms with Crippen molar-refractivity contribution >= 4 is 17.7 Å². The fourth-order valence-electron chi connectivity index (χ4n) is 4.31. The maximum absolute atomic E-state index is 12.4. The summed E-state index contributed by atoms with van der Waals surface area (Å²) >= 11 is 0. The van der Waals surface area contributed by atoms with Gasteiger partial charge < -0.3 is 24.8 Å². The zero-order valence-electron chi connectivity index (χ0n) is 23.1. The Hall–Kier alpha value is -4.74. The Morgan fingerprint density at radius 1 is 1.05 bits per heavy atom. The Morgan fingerprint density at radius 3 is 2.21 bits per heavy atom. The minimum Gasteiger partial charge on any atom is -0.496 e. The maximum Gasteiger partial charge on any atom is 0.326 e. The van der Waals surface area contributed by atoms with Gasteiger partial charge >= 0.3 is 5.97 Å². The molecule has 4 rings (SSSR count). The largest absolute Gasteiger partial charge is 0.496 e. The molecule has 0 unspecified atom stereocenters. The van der Waals surface area contributed by atoms with Crippen molar-refractivity contribution in [2.45, 2.75) is 26.3 Å². The summed E-state index contributed by atoms with van der Waals surface area (Å²) in [6, 6.07) is 4.40. The molecular weight excluding hydrogens is 500 g/mol. The van der Waals surface area contributed by atoms with Gasteiger partial charge in [0.1, 0.15) is 28.9 Å². The van der Waals surface area contributed by atoms with Crippen LogP contribution in [0.5, 0.6) is 11.5 Å². The fraction of sp³-hybridized carbons (Fsp3) is 0.333. The van der Waals surface area contributed by atoms with Crippen molar-refractivity contribution in [3.05, 3.63) is 53.7 Å². The molecule has 0 aliphatic carbocycles. The number of aryl methyl sites for hydroxylation is 2. The number of aromatic nitrogens is 6. The van der Waals surface area contributed by atoms with E-state index in [9.17, 15) is 9.90 Å². The predicted molar refractivity (Wildman–Crippen MR) is 147 cm³/mol. The molecule has 0 spiro atoms. The van der Waals surface area contributed by atoms with E-state index in [-0.39, 0.29) is 6.42 Å². The molecule has 12 nitrogen and oxygen atoms in total. The van der Waals surface area contributed by atoms with E-state index in [4.69, 9.17) is 9.47 Å². The summed E-state index contributed by atoms with van der Waals surface area (Å²) in [5.74, 6) is 1.35. The third kappa shape index (κ3) is 5.59. The molecule has 39 heavy (non-hydrogen) atoms. The van der Waals surface area contributed by atoms with Crippen molar-refractivity contribution in [1.29, 1.82) is 0 Å². The monoisotopic (exact) mass is 532 g/mol. The van der Waals surface area contributed by atoms with Crippen LogP contribution >= 0.6 is 0 Å². The summed E-state index contributed by atoms with van der Waals surface area (Å²) in [5, 5.41) is 17.7. The third-order valence-corrected chi connectivity index (χ3v) is 6.36. The lowest BCUT2D eigenvalue weighted by Crippen LogP contribution is -2.32. The van der Waals surface area contributed by atoms with E-state index >= 15 is 0 Å². The number of rotatable bonds is 10. The van der Waals surface area contributed by atoms with E-state index in [0.29, 0.717) is 45.8 Å². The van der Waals surface area contributed by atoms with Crippen LogP contribution < -0.4 is 19.7 Å². The van der Waals surface area contributed by atoms with Gasteiger partial charge in [-0.2, -0.15) is 10.1 Å². The van der Waals surface area contributed by atoms with Gasteiger partial charge in [-0.25, -0.2) is 19.7 Å². The second kappa shape index (κ2) is 11.3. The first-order valence-electron chi connectivity index (χ1n) is 12.2. The molecule has 1 atom stereocenters. The van der Waals surface area contributed by atoms with Gasteiger partial charge in [0.2, 0.25) is 5.95 Å². The van der Waals surface area contributed by atoms with Crippen molar-refractivity contribution in [2.75, 3.05) is 38.5 Å². The molecule has 0 amide bonds. The summed E-state index contributed by atoms with van der Waals surface area (Å²) in [5.41, 5.74) is 4.48. The summed E-state index contributed by atoms with van der Waals surface area (Å²) in [6.07, 6.45) is 5.02. The lowest BCUT2D eigenvalue weighted by atomic mass is 10.0. The lowest BCUT2D eigenvalue weighted by Gasteiger charge is -2.20. The SMILES string of the molecule is COc1cccc(OC)c1-c1ncc(C[C@H](Nc2nc(N(C)C)ncc2-c2c(C)nn(C)c2C)C(=O)O)cn1. The molecular formula is C27H32N8O4. The van der Waals surface area contributed by atoms with Crippen LogP contribution in [-0.4, -0.2) is 75.1 Å². The van der Waals surface area contributed by atoms with Crippen molar-refractivity contribution in [3.8, 4) is 34.0 Å². The zero-order valence-corrected chi connectivity index (χ0v) is 23.1. The second-order valence-corrected chi connectivity index (χ2v) is 9.19. The highest BCUT2D eigenvalue weighted by atomic mass is 16.5. The van der Waals surface area contributed by atoms with Gasteiger partial charge in [0, 0.05) is 63.0 Å². The number of ether oxygens (including phenoxy) is 2. The molecule has 0 bridgehead atoms. The maximum atomic E-state index is 12.4. The average Bonchev–Trinajstić information content (AvgIpc) is 3.18. The summed E-state index contributed by atoms with van der Waals surface area (Å²) in [7, 11) is 8.63. The smallest absolute Gasteiger partial charge is 0.326 e. The molecule has 0 radical (unpaired) electrons. The Labute approximate surface area is 226 Å². The highest BCUT2D eigenvalue weighted by Crippen LogP contribution is 2.36. The molecule has 0 aliphatic rings. The van der Waals surface area contributed by atoms with Crippen LogP contribution in [0.2, 0.25) is 0 Å². The van der Waals surface area contributed by atoms with Gasteiger partial charge in [-0.05, 0) is 31.5 Å². The van der Waals surface area contributed by atoms with E-state index in [1.54, 1.807) is 54.5 Å². The number of carbonyl (C=O) groups is 1. The third-order valence-electron chi connectivity index (χ3n) is 6.36. The first kappa shape index (κ1) is 27.3. The molecule has 0 fully saturated rings. The van der Waals surface area contributed by atoms with Gasteiger partial charge in [-0.3, -0.25) is 4.68 Å². The molecule has 204 valence electrons. The molecule has 3 aromatic heterocycles. The molecule has 12 heteroatoms. The molecule has 0 aliphatic heterocycles. The summed E-state index contributed by atoms with van der Waals surface area (Å²) in [6.45, 7) is 3.85. The molecule has 0 saturated carbocycles. The fourth-order valence-corrected chi connectivity index (χ4v) is 4.31. The Kier molecular flexibility index (Phi) is 7.93. The lowest BCUT2D eigenvalue weighted by molar-refractivity contribution is -0.137. The Morgan fingerprint density at radius 2 is 1.69 bits per heavy atom. The first-order valence-corrected chi connectivity index (χ1v) is 12.2. The van der Waals surface area contributed by atoms with Gasteiger partial charge in [0.25, 0.3) is 0 Å². The number of methoxy groups -OCH3 is 2. The van der Waals surface area contributed by atoms with Crippen molar-refractivity contribution in [2.24, 2.45) is 7.05 Å². The number of carboxylic acid groups (broad SMARTS) is 1. The molecule has 0 saturated heterocycles. The number of anilines is 2. The normalized spacial score (nSPS) is 11.7. The Balaban J connectivity index is 1.67. The van der Waals surface area contributed by atoms with Crippen LogP contribution in [0.3, 0.4) is 0 Å². The van der Waals surface area contributed by atoms with Crippen LogP contribution in [-0.2, 0) is 18.3 Å². The number of nitrogens with zero attached hydrogens (tertiary/aromatic N) is 7. The van der Waals surface area contributed by atoms with E-state index < -0.39 is 12.0 Å². The number of hydrogen-bond acceptors (Lipinski definition) is 10. The molecule has 4 aromatic rings. The number of benzene rings is 1. The molecule has 1 aromatic carbocycles. The standard InChI is InChI=1S/C27H32N8O4/c1-15-22(16(2)35(5)33-15)18-14-30-27(34(3)4)32-24(18)31-19(26(36)37)11-17-12-28-25(29-13-17)23-20(38-6)9-8-10-21(23)39-7/h8-10,12-14,19H,11H2,1-7H3,(H,36,37)(H,30,31,32)/t19-/m0/s1. The predicted octanol–water partition coefficient (Wildman–Crippen LogP) is 3.14. The van der Waals surface area contributed by atoms with E-state index in [1.807, 2.05) is 41.1 Å². The van der Waals surface area contributed by atoms with Gasteiger partial charge in [-0.15, -0.1) is 0 Å². The quantitative estimate of drug-likeness (QED) is 0.311. The van der Waals surface area contributed by atoms with E-state index in [0.717, 1.165) is 17.0 Å². The zero-order chi connectivity index (χ0) is 28.3. The summed E-state index contributed by atoms with van der Waals surface area (Å²) < 4.78 is 12.7. The van der Waals surface area contributed by atoms with Crippen LogP contribution in [0.1, 0.15) is 17.0 Å². The van der Waals surface area contributed by atoms with Crippen LogP contribution in [0.25, 0.3) is 22.5 Å². The second-order valence-electron chi connectivity index (χ2n) is 9.19. The van der Waals surface area contributed by atoms with Crippen LogP contribution in [0, 0.1) is 13.8 Å². The minimum absolute atomic E-state index is 0.115. The van der Waals surface area contributed by atoms with Crippen molar-refractivity contribution < 1.29 is 19.4 Å². The van der Waals surface area contributed by atoms with Crippen LogP contribution in [0.4, 0.5) is 11.8 Å². The number of nitrogens with one attached hydrogen (secondary N) is 1. The Bertz CT molecular complexity index is 1460. The van der Waals surface area contributed by atoms with Crippen LogP contribution in [0.15, 0.2) is 36.8 Å².